The summed E-state index contributed by atoms with van der Waals surface area (Å²) >= 11 is 5.87. The molecule has 0 aliphatic heterocycles. The molecule has 0 fully saturated rings. The first-order valence-electron chi connectivity index (χ1n) is 7.02. The van der Waals surface area contributed by atoms with Crippen LogP contribution >= 0.6 is 11.6 Å². The topological polar surface area (TPSA) is 50.4 Å². The van der Waals surface area contributed by atoms with Crippen molar-refractivity contribution in [3.05, 3.63) is 59.1 Å². The highest BCUT2D eigenvalue weighted by atomic mass is 35.5. The second kappa shape index (κ2) is 7.82. The van der Waals surface area contributed by atoms with E-state index in [9.17, 15) is 4.79 Å². The van der Waals surface area contributed by atoms with Crippen LogP contribution in [-0.2, 0) is 4.79 Å². The lowest BCUT2D eigenvalue weighted by molar-refractivity contribution is -0.115. The predicted molar refractivity (Wildman–Crippen MR) is 89.5 cm³/mol. The van der Waals surface area contributed by atoms with Gasteiger partial charge in [0.25, 0.3) is 0 Å². The number of methoxy groups -OCH3 is 1. The highest BCUT2D eigenvalue weighted by Crippen LogP contribution is 2.22. The van der Waals surface area contributed by atoms with Gasteiger partial charge in [-0.15, -0.1) is 0 Å². The second-order valence-electron chi connectivity index (χ2n) is 4.90. The Morgan fingerprint density at radius 3 is 2.55 bits per heavy atom. The molecule has 0 aliphatic rings. The minimum Gasteiger partial charge on any atom is -0.495 e. The van der Waals surface area contributed by atoms with Gasteiger partial charge in [0, 0.05) is 11.1 Å². The molecule has 5 heteroatoms. The van der Waals surface area contributed by atoms with Crippen molar-refractivity contribution < 1.29 is 9.53 Å². The van der Waals surface area contributed by atoms with Crippen LogP contribution < -0.4 is 15.4 Å². The Morgan fingerprint density at radius 1 is 1.18 bits per heavy atom. The molecule has 0 aromatic heterocycles. The van der Waals surface area contributed by atoms with Gasteiger partial charge >= 0.3 is 0 Å². The van der Waals surface area contributed by atoms with Crippen molar-refractivity contribution >= 4 is 23.2 Å². The Kier molecular flexibility index (Phi) is 5.81. The number of nitrogens with one attached hydrogen (secondary N) is 2. The molecule has 0 saturated heterocycles. The molecular weight excluding hydrogens is 300 g/mol. The van der Waals surface area contributed by atoms with E-state index in [2.05, 4.69) is 10.6 Å². The van der Waals surface area contributed by atoms with Crippen LogP contribution in [0.3, 0.4) is 0 Å². The molecule has 2 aromatic rings. The average Bonchev–Trinajstić information content (AvgIpc) is 2.54. The molecule has 22 heavy (non-hydrogen) atoms. The molecule has 0 heterocycles. The fraction of sp³-hybridized carbons (Fsp3) is 0.235. The van der Waals surface area contributed by atoms with Gasteiger partial charge in [0.2, 0.25) is 5.91 Å². The third kappa shape index (κ3) is 4.48. The number of halogens is 1. The summed E-state index contributed by atoms with van der Waals surface area (Å²) < 4.78 is 5.20. The highest BCUT2D eigenvalue weighted by molar-refractivity contribution is 6.30. The molecule has 116 valence electrons. The number of ether oxygens (including phenoxy) is 1. The summed E-state index contributed by atoms with van der Waals surface area (Å²) in [5.41, 5.74) is 1.74. The van der Waals surface area contributed by atoms with Gasteiger partial charge in [-0.3, -0.25) is 4.79 Å². The summed E-state index contributed by atoms with van der Waals surface area (Å²) in [6.07, 6.45) is 0. The summed E-state index contributed by atoms with van der Waals surface area (Å²) in [6, 6.07) is 14.9. The molecule has 1 amide bonds. The molecule has 0 aliphatic carbocycles. The van der Waals surface area contributed by atoms with Crippen LogP contribution in [0.4, 0.5) is 5.69 Å². The maximum atomic E-state index is 12.0. The number of carbonyl (C=O) groups excluding carboxylic acids is 1. The quantitative estimate of drug-likeness (QED) is 0.855. The SMILES string of the molecule is COc1ccccc1NC(=O)CN[C@@H](C)c1ccc(Cl)cc1. The lowest BCUT2D eigenvalue weighted by atomic mass is 10.1. The first-order chi connectivity index (χ1) is 10.6. The van der Waals surface area contributed by atoms with Crippen molar-refractivity contribution in [2.24, 2.45) is 0 Å². The Labute approximate surface area is 135 Å². The zero-order valence-electron chi connectivity index (χ0n) is 12.6. The van der Waals surface area contributed by atoms with Crippen molar-refractivity contribution in [2.75, 3.05) is 19.0 Å². The van der Waals surface area contributed by atoms with Crippen molar-refractivity contribution in [1.82, 2.24) is 5.32 Å². The predicted octanol–water partition coefficient (Wildman–Crippen LogP) is 3.64. The van der Waals surface area contributed by atoms with Crippen LogP contribution in [0.25, 0.3) is 0 Å². The highest BCUT2D eigenvalue weighted by Gasteiger charge is 2.09. The smallest absolute Gasteiger partial charge is 0.238 e. The Hall–Kier alpha value is -2.04. The molecular formula is C17H19ClN2O2. The standard InChI is InChI=1S/C17H19ClN2O2/c1-12(13-7-9-14(18)10-8-13)19-11-17(21)20-15-5-3-4-6-16(15)22-2/h3-10,12,19H,11H2,1-2H3,(H,20,21)/t12-/m0/s1. The summed E-state index contributed by atoms with van der Waals surface area (Å²) in [4.78, 5) is 12.0. The van der Waals surface area contributed by atoms with Crippen LogP contribution in [0.5, 0.6) is 5.75 Å². The zero-order valence-corrected chi connectivity index (χ0v) is 13.4. The van der Waals surface area contributed by atoms with E-state index in [4.69, 9.17) is 16.3 Å². The fourth-order valence-electron chi connectivity index (χ4n) is 2.06. The van der Waals surface area contributed by atoms with Crippen molar-refractivity contribution in [1.29, 1.82) is 0 Å². The molecule has 0 spiro atoms. The number of rotatable bonds is 6. The number of benzene rings is 2. The first kappa shape index (κ1) is 16.3. The van der Waals surface area contributed by atoms with Crippen LogP contribution in [-0.4, -0.2) is 19.6 Å². The van der Waals surface area contributed by atoms with E-state index in [1.165, 1.54) is 0 Å². The fourth-order valence-corrected chi connectivity index (χ4v) is 2.18. The number of amides is 1. The monoisotopic (exact) mass is 318 g/mol. The largest absolute Gasteiger partial charge is 0.495 e. The first-order valence-corrected chi connectivity index (χ1v) is 7.39. The van der Waals surface area contributed by atoms with E-state index >= 15 is 0 Å². The van der Waals surface area contributed by atoms with Gasteiger partial charge in [-0.2, -0.15) is 0 Å². The molecule has 0 radical (unpaired) electrons. The minimum atomic E-state index is -0.120. The molecule has 2 aromatic carbocycles. The van der Waals surface area contributed by atoms with Crippen molar-refractivity contribution in [3.63, 3.8) is 0 Å². The van der Waals surface area contributed by atoms with E-state index in [0.717, 1.165) is 5.56 Å². The van der Waals surface area contributed by atoms with Crippen molar-refractivity contribution in [2.45, 2.75) is 13.0 Å². The second-order valence-corrected chi connectivity index (χ2v) is 5.34. The Morgan fingerprint density at radius 2 is 1.86 bits per heavy atom. The molecule has 4 nitrogen and oxygen atoms in total. The van der Waals surface area contributed by atoms with Gasteiger partial charge in [0.1, 0.15) is 5.75 Å². The summed E-state index contributed by atoms with van der Waals surface area (Å²) in [5, 5.41) is 6.71. The van der Waals surface area contributed by atoms with Gasteiger partial charge in [-0.25, -0.2) is 0 Å². The summed E-state index contributed by atoms with van der Waals surface area (Å²) in [7, 11) is 1.58. The van der Waals surface area contributed by atoms with E-state index < -0.39 is 0 Å². The maximum Gasteiger partial charge on any atom is 0.238 e. The number of hydrogen-bond donors (Lipinski definition) is 2. The van der Waals surface area contributed by atoms with Gasteiger partial charge in [-0.05, 0) is 36.8 Å². The number of anilines is 1. The summed E-state index contributed by atoms with van der Waals surface area (Å²) in [6.45, 7) is 2.21. The molecule has 2 N–H and O–H groups in total. The van der Waals surface area contributed by atoms with Crippen LogP contribution in [0.2, 0.25) is 5.02 Å². The third-order valence-corrected chi connectivity index (χ3v) is 3.57. The van der Waals surface area contributed by atoms with Gasteiger partial charge in [-0.1, -0.05) is 35.9 Å². The summed E-state index contributed by atoms with van der Waals surface area (Å²) in [5.74, 6) is 0.520. The van der Waals surface area contributed by atoms with Crippen molar-refractivity contribution in [3.8, 4) is 5.75 Å². The van der Waals surface area contributed by atoms with E-state index in [1.807, 2.05) is 43.3 Å². The molecule has 1 atom stereocenters. The van der Waals surface area contributed by atoms with Crippen LogP contribution in [0.15, 0.2) is 48.5 Å². The number of para-hydroxylation sites is 2. The lowest BCUT2D eigenvalue weighted by Crippen LogP contribution is -2.30. The zero-order chi connectivity index (χ0) is 15.9. The van der Waals surface area contributed by atoms with E-state index in [1.54, 1.807) is 19.2 Å². The minimum absolute atomic E-state index is 0.0562. The molecule has 2 rings (SSSR count). The molecule has 0 unspecified atom stereocenters. The Balaban J connectivity index is 1.88. The number of hydrogen-bond acceptors (Lipinski definition) is 3. The van der Waals surface area contributed by atoms with Crippen LogP contribution in [0, 0.1) is 0 Å². The van der Waals surface area contributed by atoms with Gasteiger partial charge in [0.05, 0.1) is 19.3 Å². The normalized spacial score (nSPS) is 11.8. The third-order valence-electron chi connectivity index (χ3n) is 3.32. The molecule has 0 bridgehead atoms. The Bertz CT molecular complexity index is 629. The van der Waals surface area contributed by atoms with E-state index in [0.29, 0.717) is 16.5 Å². The van der Waals surface area contributed by atoms with Gasteiger partial charge in [0.15, 0.2) is 0 Å². The number of carbonyl (C=O) groups is 1. The van der Waals surface area contributed by atoms with E-state index in [-0.39, 0.29) is 18.5 Å². The maximum absolute atomic E-state index is 12.0. The van der Waals surface area contributed by atoms with Gasteiger partial charge < -0.3 is 15.4 Å². The van der Waals surface area contributed by atoms with Crippen LogP contribution in [0.1, 0.15) is 18.5 Å². The lowest BCUT2D eigenvalue weighted by Gasteiger charge is -2.15. The average molecular weight is 319 g/mol. The molecule has 0 saturated carbocycles.